The maximum atomic E-state index is 9.87. The lowest BCUT2D eigenvalue weighted by atomic mass is 9.90. The first-order valence-electron chi connectivity index (χ1n) is 15.5. The maximum Gasteiger partial charge on any atom is 0.164 e. The molecule has 0 spiro atoms. The summed E-state index contributed by atoms with van der Waals surface area (Å²) in [6.45, 7) is 5.95. The van der Waals surface area contributed by atoms with Crippen molar-refractivity contribution in [2.24, 2.45) is 0 Å². The number of aromatic nitrogens is 4. The van der Waals surface area contributed by atoms with Crippen LogP contribution in [0.3, 0.4) is 0 Å². The Kier molecular flexibility index (Phi) is 9.21. The largest absolute Gasteiger partial charge is 0.456 e. The van der Waals surface area contributed by atoms with Crippen molar-refractivity contribution in [3.8, 4) is 28.8 Å². The quantitative estimate of drug-likeness (QED) is 0.244. The molecule has 0 amide bonds. The summed E-state index contributed by atoms with van der Waals surface area (Å²) in [5.74, 6) is 1.55. The third kappa shape index (κ3) is 6.33. The highest BCUT2D eigenvalue weighted by Crippen LogP contribution is 2.38. The second kappa shape index (κ2) is 13.6. The number of fused-ring (bicyclic) bond motifs is 1. The molecule has 11 heteroatoms. The molecule has 1 aliphatic carbocycles. The Hall–Kier alpha value is -4.24. The number of anilines is 2. The van der Waals surface area contributed by atoms with Crippen molar-refractivity contribution in [2.45, 2.75) is 44.2 Å². The minimum Gasteiger partial charge on any atom is -0.456 e. The summed E-state index contributed by atoms with van der Waals surface area (Å²) < 4.78 is 13.4. The van der Waals surface area contributed by atoms with Crippen molar-refractivity contribution >= 4 is 22.5 Å². The lowest BCUT2D eigenvalue weighted by Crippen LogP contribution is -2.49. The number of rotatable bonds is 10. The maximum absolute atomic E-state index is 9.87. The standard InChI is InChI=1S/C33H41N9O2/c1-40-16-18-41(19-17-40)24-9-11-25(12-10-24)42-33-30(32(35)37-22-38-33)31(39-42)23-7-13-26(14-8-23)44-29-6-3-5-28(27(29)21-34)36-15-4-20-43-2/h3,5-8,13-14,22,24-25,36H,4,9-12,15-20H2,1-2H3,(H2,35,37,38)/t24-,25+. The highest BCUT2D eigenvalue weighted by Gasteiger charge is 2.30. The zero-order chi connectivity index (χ0) is 30.5. The van der Waals surface area contributed by atoms with Gasteiger partial charge in [-0.1, -0.05) is 6.07 Å². The monoisotopic (exact) mass is 595 g/mol. The number of likely N-dealkylation sites (N-methyl/N-ethyl adjacent to an activating group) is 1. The van der Waals surface area contributed by atoms with E-state index in [-0.39, 0.29) is 6.04 Å². The molecule has 2 aromatic heterocycles. The first-order valence-corrected chi connectivity index (χ1v) is 15.5. The summed E-state index contributed by atoms with van der Waals surface area (Å²) in [5, 5.41) is 19.1. The minimum absolute atomic E-state index is 0.270. The number of nitrogens with zero attached hydrogens (tertiary/aromatic N) is 7. The highest BCUT2D eigenvalue weighted by atomic mass is 16.5. The van der Waals surface area contributed by atoms with E-state index in [9.17, 15) is 5.26 Å². The number of hydrogen-bond acceptors (Lipinski definition) is 10. The van der Waals surface area contributed by atoms with Crippen LogP contribution in [0.15, 0.2) is 48.8 Å². The Morgan fingerprint density at radius 3 is 2.48 bits per heavy atom. The molecule has 11 nitrogen and oxygen atoms in total. The fraction of sp³-hybridized carbons (Fsp3) is 0.455. The van der Waals surface area contributed by atoms with E-state index >= 15 is 0 Å². The number of hydrogen-bond donors (Lipinski definition) is 2. The predicted octanol–water partition coefficient (Wildman–Crippen LogP) is 4.92. The van der Waals surface area contributed by atoms with Gasteiger partial charge >= 0.3 is 0 Å². The van der Waals surface area contributed by atoms with Gasteiger partial charge in [0.05, 0.1) is 17.1 Å². The summed E-state index contributed by atoms with van der Waals surface area (Å²) in [6, 6.07) is 16.5. The van der Waals surface area contributed by atoms with Gasteiger partial charge in [-0.2, -0.15) is 10.4 Å². The van der Waals surface area contributed by atoms with E-state index < -0.39 is 0 Å². The number of ether oxygens (including phenoxy) is 2. The third-order valence-corrected chi connectivity index (χ3v) is 8.92. The van der Waals surface area contributed by atoms with Crippen LogP contribution in [0.25, 0.3) is 22.3 Å². The Morgan fingerprint density at radius 2 is 1.75 bits per heavy atom. The van der Waals surface area contributed by atoms with Gasteiger partial charge in [-0.15, -0.1) is 0 Å². The van der Waals surface area contributed by atoms with Crippen LogP contribution in [-0.2, 0) is 4.74 Å². The fourth-order valence-corrected chi connectivity index (χ4v) is 6.43. The topological polar surface area (TPSA) is 130 Å². The molecule has 2 aliphatic rings. The van der Waals surface area contributed by atoms with Crippen LogP contribution in [0, 0.1) is 11.3 Å². The van der Waals surface area contributed by atoms with Gasteiger partial charge in [0.15, 0.2) is 5.65 Å². The van der Waals surface area contributed by atoms with Crippen LogP contribution in [0.4, 0.5) is 11.5 Å². The molecule has 4 aromatic rings. The highest BCUT2D eigenvalue weighted by molar-refractivity contribution is 5.98. The van der Waals surface area contributed by atoms with Crippen LogP contribution >= 0.6 is 0 Å². The number of methoxy groups -OCH3 is 1. The second-order valence-corrected chi connectivity index (χ2v) is 11.7. The Bertz CT molecular complexity index is 1600. The van der Waals surface area contributed by atoms with Crippen molar-refractivity contribution in [2.75, 3.05) is 64.5 Å². The summed E-state index contributed by atoms with van der Waals surface area (Å²) in [6.07, 6.45) is 6.81. The lowest BCUT2D eigenvalue weighted by molar-refractivity contribution is 0.0815. The van der Waals surface area contributed by atoms with Crippen molar-refractivity contribution in [3.05, 3.63) is 54.4 Å². The third-order valence-electron chi connectivity index (χ3n) is 8.92. The average molecular weight is 596 g/mol. The van der Waals surface area contributed by atoms with Gasteiger partial charge in [0.2, 0.25) is 0 Å². The zero-order valence-corrected chi connectivity index (χ0v) is 25.6. The van der Waals surface area contributed by atoms with Crippen molar-refractivity contribution in [1.29, 1.82) is 5.26 Å². The normalized spacial score (nSPS) is 19.6. The number of benzene rings is 2. The molecule has 1 saturated heterocycles. The number of nitrogens with one attached hydrogen (secondary N) is 1. The summed E-state index contributed by atoms with van der Waals surface area (Å²) in [7, 11) is 3.88. The number of nitrogens with two attached hydrogens (primary N) is 1. The van der Waals surface area contributed by atoms with E-state index in [0.29, 0.717) is 42.1 Å². The fourth-order valence-electron chi connectivity index (χ4n) is 6.43. The molecule has 0 radical (unpaired) electrons. The second-order valence-electron chi connectivity index (χ2n) is 11.7. The molecule has 0 bridgehead atoms. The first-order chi connectivity index (χ1) is 21.6. The molecule has 1 saturated carbocycles. The van der Waals surface area contributed by atoms with Crippen LogP contribution in [-0.4, -0.2) is 89.1 Å². The van der Waals surface area contributed by atoms with E-state index in [1.165, 1.54) is 6.33 Å². The molecule has 2 aromatic carbocycles. The Balaban J connectivity index is 1.19. The molecule has 44 heavy (non-hydrogen) atoms. The molecule has 1 aliphatic heterocycles. The molecule has 0 atom stereocenters. The molecule has 3 heterocycles. The van der Waals surface area contributed by atoms with E-state index in [1.54, 1.807) is 13.2 Å². The first kappa shape index (κ1) is 29.8. The van der Waals surface area contributed by atoms with Crippen molar-refractivity contribution in [3.63, 3.8) is 0 Å². The smallest absolute Gasteiger partial charge is 0.164 e. The van der Waals surface area contributed by atoms with Gasteiger partial charge in [0.1, 0.15) is 41.0 Å². The van der Waals surface area contributed by atoms with Gasteiger partial charge in [-0.05, 0) is 75.5 Å². The van der Waals surface area contributed by atoms with Crippen LogP contribution in [0.5, 0.6) is 11.5 Å². The molecule has 2 fully saturated rings. The number of nitrogen functional groups attached to an aromatic ring is 1. The van der Waals surface area contributed by atoms with Crippen LogP contribution in [0.2, 0.25) is 0 Å². The molecule has 0 unspecified atom stereocenters. The van der Waals surface area contributed by atoms with E-state index in [0.717, 1.165) is 86.3 Å². The predicted molar refractivity (Wildman–Crippen MR) is 172 cm³/mol. The van der Waals surface area contributed by atoms with Gasteiger partial charge in [-0.3, -0.25) is 4.90 Å². The summed E-state index contributed by atoms with van der Waals surface area (Å²) in [5.41, 5.74) is 10.1. The Labute approximate surface area is 258 Å². The van der Waals surface area contributed by atoms with Gasteiger partial charge in [-0.25, -0.2) is 14.6 Å². The van der Waals surface area contributed by atoms with E-state index in [2.05, 4.69) is 42.9 Å². The molecule has 3 N–H and O–H groups in total. The molecule has 6 rings (SSSR count). The van der Waals surface area contributed by atoms with Gasteiger partial charge in [0, 0.05) is 58.0 Å². The summed E-state index contributed by atoms with van der Waals surface area (Å²) in [4.78, 5) is 14.0. The summed E-state index contributed by atoms with van der Waals surface area (Å²) >= 11 is 0. The Morgan fingerprint density at radius 1 is 1.00 bits per heavy atom. The van der Waals surface area contributed by atoms with Crippen LogP contribution in [0.1, 0.15) is 43.7 Å². The lowest BCUT2D eigenvalue weighted by Gasteiger charge is -2.41. The number of piperazine rings is 1. The van der Waals surface area contributed by atoms with Gasteiger partial charge in [0.25, 0.3) is 0 Å². The van der Waals surface area contributed by atoms with Crippen LogP contribution < -0.4 is 15.8 Å². The zero-order valence-electron chi connectivity index (χ0n) is 25.6. The van der Waals surface area contributed by atoms with Crippen molar-refractivity contribution in [1.82, 2.24) is 29.5 Å². The average Bonchev–Trinajstić information content (AvgIpc) is 3.45. The minimum atomic E-state index is 0.270. The van der Waals surface area contributed by atoms with E-state index in [4.69, 9.17) is 20.3 Å². The SMILES string of the molecule is COCCCNc1cccc(Oc2ccc(-c3nn([C@H]4CC[C@@H](N5CCN(C)CC5)CC4)c4ncnc(N)c34)cc2)c1C#N. The van der Waals surface area contributed by atoms with Gasteiger partial charge < -0.3 is 25.4 Å². The molecule has 230 valence electrons. The molecular weight excluding hydrogens is 554 g/mol. The number of nitriles is 1. The van der Waals surface area contributed by atoms with E-state index in [1.807, 2.05) is 36.4 Å². The van der Waals surface area contributed by atoms with Crippen molar-refractivity contribution < 1.29 is 9.47 Å². The molecular formula is C33H41N9O2.